The molecule has 0 aliphatic carbocycles. The highest BCUT2D eigenvalue weighted by Crippen LogP contribution is 2.43. The topological polar surface area (TPSA) is 16.4 Å². The summed E-state index contributed by atoms with van der Waals surface area (Å²) < 4.78 is 6.55. The van der Waals surface area contributed by atoms with Crippen LogP contribution in [0.5, 0.6) is 0 Å². The van der Waals surface area contributed by atoms with Gasteiger partial charge in [0.05, 0.1) is 5.69 Å². The summed E-state index contributed by atoms with van der Waals surface area (Å²) in [4.78, 5) is 2.35. The first-order valence-corrected chi connectivity index (χ1v) is 17.7. The van der Waals surface area contributed by atoms with E-state index in [1.54, 1.807) is 0 Å². The van der Waals surface area contributed by atoms with Crippen LogP contribution in [0.15, 0.2) is 217 Å². The van der Waals surface area contributed by atoms with Gasteiger partial charge in [0.15, 0.2) is 0 Å². The van der Waals surface area contributed by atoms with Crippen molar-refractivity contribution in [2.75, 3.05) is 4.90 Å². The van der Waals surface area contributed by atoms with Crippen molar-refractivity contribution in [2.45, 2.75) is 0 Å². The van der Waals surface area contributed by atoms with Gasteiger partial charge in [0.2, 0.25) is 0 Å². The molecule has 0 bridgehead atoms. The molecule has 0 atom stereocenters. The summed E-state index contributed by atoms with van der Waals surface area (Å²) in [6, 6.07) is 75.1. The maximum absolute atomic E-state index is 6.55. The van der Waals surface area contributed by atoms with Gasteiger partial charge in [-0.3, -0.25) is 0 Å². The Morgan fingerprint density at radius 2 is 0.827 bits per heavy atom. The summed E-state index contributed by atoms with van der Waals surface area (Å²) in [6.07, 6.45) is 0. The molecule has 2 heteroatoms. The Balaban J connectivity index is 1.09. The quantitative estimate of drug-likeness (QED) is 0.161. The van der Waals surface area contributed by atoms with E-state index >= 15 is 0 Å². The first-order chi connectivity index (χ1) is 25.8. The smallest absolute Gasteiger partial charge is 0.143 e. The van der Waals surface area contributed by atoms with E-state index in [0.29, 0.717) is 0 Å². The van der Waals surface area contributed by atoms with Crippen LogP contribution in [0.2, 0.25) is 0 Å². The molecule has 246 valence electrons. The number of anilines is 3. The Morgan fingerprint density at radius 1 is 0.327 bits per heavy atom. The fourth-order valence-electron chi connectivity index (χ4n) is 7.17. The molecule has 0 aliphatic heterocycles. The van der Waals surface area contributed by atoms with E-state index in [2.05, 4.69) is 205 Å². The lowest BCUT2D eigenvalue weighted by Gasteiger charge is -2.28. The second kappa shape index (κ2) is 13.8. The Hall–Kier alpha value is -6.90. The van der Waals surface area contributed by atoms with Crippen LogP contribution in [0.1, 0.15) is 0 Å². The summed E-state index contributed by atoms with van der Waals surface area (Å²) >= 11 is 0. The van der Waals surface area contributed by atoms with Crippen LogP contribution >= 0.6 is 0 Å². The third-order valence-electron chi connectivity index (χ3n) is 9.70. The highest BCUT2D eigenvalue weighted by Gasteiger charge is 2.19. The largest absolute Gasteiger partial charge is 0.455 e. The molecule has 52 heavy (non-hydrogen) atoms. The lowest BCUT2D eigenvalue weighted by Crippen LogP contribution is -2.11. The fraction of sp³-hybridized carbons (Fsp3) is 0. The molecule has 8 aromatic carbocycles. The summed E-state index contributed by atoms with van der Waals surface area (Å²) in [7, 11) is 0. The molecule has 9 aromatic rings. The number of benzene rings is 8. The Morgan fingerprint density at radius 3 is 1.58 bits per heavy atom. The molecule has 0 N–H and O–H groups in total. The molecule has 0 radical (unpaired) electrons. The molecule has 1 aromatic heterocycles. The maximum Gasteiger partial charge on any atom is 0.143 e. The average Bonchev–Trinajstić information content (AvgIpc) is 3.63. The number of hydrogen-bond acceptors (Lipinski definition) is 2. The summed E-state index contributed by atoms with van der Waals surface area (Å²) in [5, 5.41) is 1.12. The minimum absolute atomic E-state index is 0.884. The molecule has 0 saturated heterocycles. The minimum atomic E-state index is 0.884. The molecule has 1 heterocycles. The number of furan rings is 1. The van der Waals surface area contributed by atoms with Gasteiger partial charge in [-0.1, -0.05) is 170 Å². The van der Waals surface area contributed by atoms with Gasteiger partial charge in [0.25, 0.3) is 0 Å². The van der Waals surface area contributed by atoms with Crippen molar-refractivity contribution in [3.05, 3.63) is 212 Å². The second-order valence-corrected chi connectivity index (χ2v) is 12.9. The lowest BCUT2D eigenvalue weighted by molar-refractivity contribution is 0.632. The van der Waals surface area contributed by atoms with Gasteiger partial charge in [0.1, 0.15) is 11.3 Å². The SMILES string of the molecule is c1ccc(-c2ccc(-c3ccccc3N(c3ccccc3)c3ccc(-c4cccc(-c5oc6ccccc6c5-c5ccccc5)c4)cc3)cc2)cc1. The Labute approximate surface area is 304 Å². The zero-order valence-corrected chi connectivity index (χ0v) is 28.6. The molecule has 2 nitrogen and oxygen atoms in total. The van der Waals surface area contributed by atoms with Crippen LogP contribution in [0.3, 0.4) is 0 Å². The van der Waals surface area contributed by atoms with Gasteiger partial charge in [-0.05, 0) is 75.8 Å². The third-order valence-corrected chi connectivity index (χ3v) is 9.70. The number of fused-ring (bicyclic) bond motifs is 1. The van der Waals surface area contributed by atoms with Crippen molar-refractivity contribution in [3.63, 3.8) is 0 Å². The monoisotopic (exact) mass is 665 g/mol. The van der Waals surface area contributed by atoms with Gasteiger partial charge in [-0.15, -0.1) is 0 Å². The van der Waals surface area contributed by atoms with Gasteiger partial charge < -0.3 is 9.32 Å². The standard InChI is InChI=1S/C50H35NO/c1-4-15-36(16-5-1)37-27-29-39(30-28-37)45-23-10-12-25-47(45)51(43-21-8-3-9-22-43)44-33-31-38(32-34-44)41-19-14-20-42(35-41)50-49(40-17-6-2-7-18-40)46-24-11-13-26-48(46)52-50/h1-35H. The molecule has 0 spiro atoms. The van der Waals surface area contributed by atoms with E-state index < -0.39 is 0 Å². The van der Waals surface area contributed by atoms with Crippen molar-refractivity contribution in [1.82, 2.24) is 0 Å². The van der Waals surface area contributed by atoms with E-state index in [-0.39, 0.29) is 0 Å². The van der Waals surface area contributed by atoms with E-state index in [9.17, 15) is 0 Å². The van der Waals surface area contributed by atoms with E-state index in [1.807, 2.05) is 12.1 Å². The zero-order valence-electron chi connectivity index (χ0n) is 28.6. The van der Waals surface area contributed by atoms with Gasteiger partial charge in [-0.25, -0.2) is 0 Å². The normalized spacial score (nSPS) is 11.1. The minimum Gasteiger partial charge on any atom is -0.455 e. The molecule has 0 amide bonds. The van der Waals surface area contributed by atoms with Crippen LogP contribution in [0, 0.1) is 0 Å². The van der Waals surface area contributed by atoms with Crippen molar-refractivity contribution >= 4 is 28.0 Å². The molecule has 0 fully saturated rings. The summed E-state index contributed by atoms with van der Waals surface area (Å²) in [5.74, 6) is 0.884. The van der Waals surface area contributed by atoms with E-state index in [1.165, 1.54) is 22.3 Å². The van der Waals surface area contributed by atoms with E-state index in [4.69, 9.17) is 4.42 Å². The van der Waals surface area contributed by atoms with Crippen molar-refractivity contribution in [3.8, 4) is 55.8 Å². The first-order valence-electron chi connectivity index (χ1n) is 17.7. The maximum atomic E-state index is 6.55. The van der Waals surface area contributed by atoms with Crippen LogP contribution in [0.25, 0.3) is 66.8 Å². The number of rotatable bonds is 8. The van der Waals surface area contributed by atoms with Crippen LogP contribution < -0.4 is 4.90 Å². The number of hydrogen-bond donors (Lipinski definition) is 0. The summed E-state index contributed by atoms with van der Waals surface area (Å²) in [5.41, 5.74) is 14.5. The highest BCUT2D eigenvalue weighted by molar-refractivity contribution is 6.02. The fourth-order valence-corrected chi connectivity index (χ4v) is 7.17. The Bertz CT molecular complexity index is 2590. The van der Waals surface area contributed by atoms with Crippen LogP contribution in [0.4, 0.5) is 17.1 Å². The van der Waals surface area contributed by atoms with Gasteiger partial charge in [0, 0.05) is 33.5 Å². The number of para-hydroxylation sites is 3. The molecule has 0 unspecified atom stereocenters. The van der Waals surface area contributed by atoms with Crippen molar-refractivity contribution in [1.29, 1.82) is 0 Å². The first kappa shape index (κ1) is 31.1. The molecule has 9 rings (SSSR count). The van der Waals surface area contributed by atoms with Crippen molar-refractivity contribution in [2.24, 2.45) is 0 Å². The third kappa shape index (κ3) is 5.97. The van der Waals surface area contributed by atoms with E-state index in [0.717, 1.165) is 61.6 Å². The van der Waals surface area contributed by atoms with Gasteiger partial charge >= 0.3 is 0 Å². The molecule has 0 saturated carbocycles. The average molecular weight is 666 g/mol. The molecular formula is C50H35NO. The van der Waals surface area contributed by atoms with Gasteiger partial charge in [-0.2, -0.15) is 0 Å². The van der Waals surface area contributed by atoms with Crippen molar-refractivity contribution < 1.29 is 4.42 Å². The predicted molar refractivity (Wildman–Crippen MR) is 218 cm³/mol. The predicted octanol–water partition coefficient (Wildman–Crippen LogP) is 14.2. The summed E-state index contributed by atoms with van der Waals surface area (Å²) in [6.45, 7) is 0. The molecule has 0 aliphatic rings. The second-order valence-electron chi connectivity index (χ2n) is 12.9. The highest BCUT2D eigenvalue weighted by atomic mass is 16.3. The van der Waals surface area contributed by atoms with Crippen LogP contribution in [-0.4, -0.2) is 0 Å². The zero-order chi connectivity index (χ0) is 34.7. The lowest BCUT2D eigenvalue weighted by atomic mass is 9.96. The molecular weight excluding hydrogens is 631 g/mol. The van der Waals surface area contributed by atoms with Crippen LogP contribution in [-0.2, 0) is 0 Å². The number of nitrogens with zero attached hydrogens (tertiary/aromatic N) is 1. The Kier molecular flexibility index (Phi) is 8.24.